The van der Waals surface area contributed by atoms with Crippen LogP contribution in [0.3, 0.4) is 0 Å². The molecule has 0 unspecified atom stereocenters. The van der Waals surface area contributed by atoms with Gasteiger partial charge in [-0.3, -0.25) is 14.3 Å². The first-order chi connectivity index (χ1) is 15.8. The Morgan fingerprint density at radius 3 is 2.58 bits per heavy atom. The number of aromatic nitrogens is 4. The molecular formula is C25H27N5O3. The molecule has 8 heteroatoms. The third-order valence-electron chi connectivity index (χ3n) is 5.65. The van der Waals surface area contributed by atoms with Crippen molar-refractivity contribution in [3.8, 4) is 17.0 Å². The number of hydrogen-bond donors (Lipinski definition) is 2. The van der Waals surface area contributed by atoms with Gasteiger partial charge in [-0.2, -0.15) is 5.10 Å². The molecule has 8 nitrogen and oxygen atoms in total. The van der Waals surface area contributed by atoms with Gasteiger partial charge in [0, 0.05) is 47.1 Å². The van der Waals surface area contributed by atoms with Gasteiger partial charge in [0.1, 0.15) is 0 Å². The van der Waals surface area contributed by atoms with Gasteiger partial charge < -0.3 is 15.0 Å². The fraction of sp³-hybridized carbons (Fsp3) is 0.280. The Labute approximate surface area is 191 Å². The van der Waals surface area contributed by atoms with Crippen LogP contribution in [0.15, 0.2) is 47.5 Å². The minimum Gasteiger partial charge on any atom is -0.481 e. The highest BCUT2D eigenvalue weighted by Gasteiger charge is 2.18. The van der Waals surface area contributed by atoms with Gasteiger partial charge in [0.2, 0.25) is 5.88 Å². The van der Waals surface area contributed by atoms with E-state index in [0.29, 0.717) is 17.0 Å². The predicted octanol–water partition coefficient (Wildman–Crippen LogP) is 3.92. The number of pyridine rings is 2. The van der Waals surface area contributed by atoms with E-state index in [-0.39, 0.29) is 24.1 Å². The maximum Gasteiger partial charge on any atom is 0.253 e. The van der Waals surface area contributed by atoms with E-state index in [9.17, 15) is 9.59 Å². The van der Waals surface area contributed by atoms with E-state index in [1.54, 1.807) is 25.6 Å². The standard InChI is InChI=1S/C25H27N5O3/c1-14(2)30-22-10-18(17-6-7-23(33-5)26-11-17)9-19(21(22)13-28-30)24(31)27-12-20-15(3)8-16(4)29-25(20)32/h6-11,13-14H,12H2,1-5H3,(H,27,31)(H,29,32). The normalized spacial score (nSPS) is 11.2. The van der Waals surface area contributed by atoms with Crippen LogP contribution < -0.4 is 15.6 Å². The highest BCUT2D eigenvalue weighted by Crippen LogP contribution is 2.29. The Morgan fingerprint density at radius 2 is 1.94 bits per heavy atom. The van der Waals surface area contributed by atoms with E-state index in [4.69, 9.17) is 4.74 Å². The molecule has 4 rings (SSSR count). The highest BCUT2D eigenvalue weighted by atomic mass is 16.5. The maximum absolute atomic E-state index is 13.3. The molecule has 0 aliphatic carbocycles. The van der Waals surface area contributed by atoms with Crippen molar-refractivity contribution in [3.63, 3.8) is 0 Å². The lowest BCUT2D eigenvalue weighted by molar-refractivity contribution is 0.0952. The van der Waals surface area contributed by atoms with Gasteiger partial charge in [0.15, 0.2) is 0 Å². The van der Waals surface area contributed by atoms with E-state index in [1.807, 2.05) is 56.6 Å². The molecule has 0 aliphatic heterocycles. The number of benzene rings is 1. The van der Waals surface area contributed by atoms with Crippen LogP contribution in [0.5, 0.6) is 5.88 Å². The molecule has 33 heavy (non-hydrogen) atoms. The number of amides is 1. The third kappa shape index (κ3) is 4.37. The second-order valence-electron chi connectivity index (χ2n) is 8.35. The van der Waals surface area contributed by atoms with Crippen LogP contribution in [0.2, 0.25) is 0 Å². The van der Waals surface area contributed by atoms with Crippen molar-refractivity contribution in [2.24, 2.45) is 0 Å². The Hall–Kier alpha value is -3.94. The molecule has 1 amide bonds. The van der Waals surface area contributed by atoms with Gasteiger partial charge >= 0.3 is 0 Å². The lowest BCUT2D eigenvalue weighted by Gasteiger charge is -2.13. The Kier molecular flexibility index (Phi) is 6.00. The lowest BCUT2D eigenvalue weighted by Crippen LogP contribution is -2.28. The van der Waals surface area contributed by atoms with Gasteiger partial charge in [0.05, 0.1) is 24.4 Å². The van der Waals surface area contributed by atoms with Crippen LogP contribution in [0.1, 0.15) is 47.1 Å². The van der Waals surface area contributed by atoms with E-state index in [0.717, 1.165) is 33.3 Å². The number of H-pyrrole nitrogens is 1. The summed E-state index contributed by atoms with van der Waals surface area (Å²) < 4.78 is 7.05. The minimum atomic E-state index is -0.272. The first-order valence-electron chi connectivity index (χ1n) is 10.8. The summed E-state index contributed by atoms with van der Waals surface area (Å²) in [5.74, 6) is 0.245. The number of aryl methyl sites for hydroxylation is 2. The first-order valence-corrected chi connectivity index (χ1v) is 10.8. The zero-order chi connectivity index (χ0) is 23.7. The number of carbonyl (C=O) groups excluding carboxylic acids is 1. The molecule has 0 radical (unpaired) electrons. The summed E-state index contributed by atoms with van der Waals surface area (Å²) in [7, 11) is 1.57. The number of fused-ring (bicyclic) bond motifs is 1. The summed E-state index contributed by atoms with van der Waals surface area (Å²) in [6.45, 7) is 7.92. The Bertz CT molecular complexity index is 1380. The minimum absolute atomic E-state index is 0.122. The van der Waals surface area contributed by atoms with Crippen LogP contribution in [-0.2, 0) is 6.54 Å². The van der Waals surface area contributed by atoms with Gasteiger partial charge in [-0.05, 0) is 63.1 Å². The number of rotatable bonds is 6. The van der Waals surface area contributed by atoms with Crippen molar-refractivity contribution >= 4 is 16.8 Å². The molecule has 3 aromatic heterocycles. The molecular weight excluding hydrogens is 418 g/mol. The highest BCUT2D eigenvalue weighted by molar-refractivity contribution is 6.08. The third-order valence-corrected chi connectivity index (χ3v) is 5.65. The predicted molar refractivity (Wildman–Crippen MR) is 128 cm³/mol. The summed E-state index contributed by atoms with van der Waals surface area (Å²) >= 11 is 0. The quantitative estimate of drug-likeness (QED) is 0.468. The largest absolute Gasteiger partial charge is 0.481 e. The monoisotopic (exact) mass is 445 g/mol. The average molecular weight is 446 g/mol. The molecule has 0 atom stereocenters. The number of nitrogens with zero attached hydrogens (tertiary/aromatic N) is 3. The molecule has 0 bridgehead atoms. The van der Waals surface area contributed by atoms with Gasteiger partial charge in [-0.25, -0.2) is 4.98 Å². The molecule has 2 N–H and O–H groups in total. The summed E-state index contributed by atoms with van der Waals surface area (Å²) in [4.78, 5) is 32.7. The molecule has 0 fully saturated rings. The number of methoxy groups -OCH3 is 1. The molecule has 1 aromatic carbocycles. The summed E-state index contributed by atoms with van der Waals surface area (Å²) in [5.41, 5.74) is 5.02. The summed E-state index contributed by atoms with van der Waals surface area (Å²) in [5, 5.41) is 8.17. The molecule has 4 aromatic rings. The number of aromatic amines is 1. The van der Waals surface area contributed by atoms with E-state index in [2.05, 4.69) is 20.4 Å². The van der Waals surface area contributed by atoms with Crippen LogP contribution in [0, 0.1) is 13.8 Å². The van der Waals surface area contributed by atoms with Gasteiger partial charge in [-0.1, -0.05) is 0 Å². The van der Waals surface area contributed by atoms with Crippen LogP contribution in [-0.4, -0.2) is 32.8 Å². The molecule has 0 spiro atoms. The topological polar surface area (TPSA) is 102 Å². The zero-order valence-electron chi connectivity index (χ0n) is 19.4. The number of nitrogens with one attached hydrogen (secondary N) is 2. The average Bonchev–Trinajstić information content (AvgIpc) is 3.22. The zero-order valence-corrected chi connectivity index (χ0v) is 19.4. The van der Waals surface area contributed by atoms with Crippen molar-refractivity contribution < 1.29 is 9.53 Å². The summed E-state index contributed by atoms with van der Waals surface area (Å²) in [6.07, 6.45) is 3.43. The van der Waals surface area contributed by atoms with Crippen molar-refractivity contribution in [1.82, 2.24) is 25.1 Å². The molecule has 3 heterocycles. The van der Waals surface area contributed by atoms with Crippen LogP contribution in [0.4, 0.5) is 0 Å². The van der Waals surface area contributed by atoms with E-state index < -0.39 is 0 Å². The fourth-order valence-electron chi connectivity index (χ4n) is 3.95. The SMILES string of the molecule is COc1ccc(-c2cc(C(=O)NCc3c(C)cc(C)[nH]c3=O)c3cnn(C(C)C)c3c2)cn1. The second kappa shape index (κ2) is 8.90. The Morgan fingerprint density at radius 1 is 1.15 bits per heavy atom. The van der Waals surface area contributed by atoms with E-state index >= 15 is 0 Å². The summed E-state index contributed by atoms with van der Waals surface area (Å²) in [6, 6.07) is 9.55. The van der Waals surface area contributed by atoms with Crippen LogP contribution in [0.25, 0.3) is 22.0 Å². The second-order valence-corrected chi connectivity index (χ2v) is 8.35. The number of ether oxygens (including phenoxy) is 1. The van der Waals surface area contributed by atoms with Crippen molar-refractivity contribution in [3.05, 3.63) is 75.5 Å². The van der Waals surface area contributed by atoms with Crippen molar-refractivity contribution in [2.45, 2.75) is 40.3 Å². The smallest absolute Gasteiger partial charge is 0.253 e. The van der Waals surface area contributed by atoms with Gasteiger partial charge in [0.25, 0.3) is 11.5 Å². The van der Waals surface area contributed by atoms with Crippen molar-refractivity contribution in [1.29, 1.82) is 0 Å². The first kappa shape index (κ1) is 22.3. The lowest BCUT2D eigenvalue weighted by atomic mass is 10.0. The van der Waals surface area contributed by atoms with Gasteiger partial charge in [-0.15, -0.1) is 0 Å². The van der Waals surface area contributed by atoms with Crippen molar-refractivity contribution in [2.75, 3.05) is 7.11 Å². The molecule has 0 saturated heterocycles. The number of hydrogen-bond acceptors (Lipinski definition) is 5. The fourth-order valence-corrected chi connectivity index (χ4v) is 3.95. The molecule has 0 saturated carbocycles. The maximum atomic E-state index is 13.3. The van der Waals surface area contributed by atoms with E-state index in [1.165, 1.54) is 0 Å². The molecule has 0 aliphatic rings. The Balaban J connectivity index is 1.75. The molecule has 170 valence electrons. The van der Waals surface area contributed by atoms with Crippen LogP contribution >= 0.6 is 0 Å². The number of carbonyl (C=O) groups is 1.